The number of allylic oxidation sites excluding steroid dienone is 1. The number of hydrazine groups is 1. The van der Waals surface area contributed by atoms with Gasteiger partial charge in [0.25, 0.3) is 0 Å². The zero-order chi connectivity index (χ0) is 26.2. The minimum atomic E-state index is -0.317. The molecule has 5 aromatic rings. The van der Waals surface area contributed by atoms with Crippen LogP contribution >= 0.6 is 11.3 Å². The van der Waals surface area contributed by atoms with E-state index < -0.39 is 0 Å². The number of nitrogens with two attached hydrogens (primary N) is 1. The van der Waals surface area contributed by atoms with Crippen LogP contribution in [0.15, 0.2) is 96.6 Å². The van der Waals surface area contributed by atoms with E-state index in [0.29, 0.717) is 11.1 Å². The topological polar surface area (TPSA) is 63.4 Å². The lowest BCUT2D eigenvalue weighted by molar-refractivity contribution is 0.0990. The second kappa shape index (κ2) is 8.09. The molecule has 0 bridgehead atoms. The first kappa shape index (κ1) is 22.8. The fourth-order valence-corrected chi connectivity index (χ4v) is 6.89. The summed E-state index contributed by atoms with van der Waals surface area (Å²) < 4.78 is 0. The molecule has 5 heteroatoms. The van der Waals surface area contributed by atoms with Crippen LogP contribution in [0.3, 0.4) is 0 Å². The smallest absolute Gasteiger partial charge is 0.197 e. The van der Waals surface area contributed by atoms with Crippen molar-refractivity contribution in [3.63, 3.8) is 0 Å². The zero-order valence-corrected chi connectivity index (χ0v) is 21.8. The van der Waals surface area contributed by atoms with Gasteiger partial charge in [0.05, 0.1) is 11.3 Å². The molecular formula is C33H24N2O2S. The standard InChI is InChI=1S/C33H24N2O2S/c1-33(2)27-16-22(19-8-4-3-5-9-19)12-13-29(27)35(34)32-28(33)18-23(38-32)17-26-30(36)24-14-20-10-6-7-11-21(20)15-25(24)31(26)37/h3-18H,34H2,1-2H3. The number of anilines is 2. The van der Waals surface area contributed by atoms with Gasteiger partial charge in [-0.3, -0.25) is 14.6 Å². The Balaban J connectivity index is 1.30. The molecule has 2 N–H and O–H groups in total. The quantitative estimate of drug-likeness (QED) is 0.150. The van der Waals surface area contributed by atoms with Gasteiger partial charge in [-0.25, -0.2) is 5.84 Å². The van der Waals surface area contributed by atoms with E-state index in [4.69, 9.17) is 5.84 Å². The van der Waals surface area contributed by atoms with E-state index in [-0.39, 0.29) is 22.6 Å². The number of fused-ring (bicyclic) bond motifs is 4. The molecule has 0 atom stereocenters. The molecular weight excluding hydrogens is 488 g/mol. The molecule has 0 amide bonds. The first-order valence-corrected chi connectivity index (χ1v) is 13.4. The maximum absolute atomic E-state index is 13.3. The molecule has 0 saturated heterocycles. The Morgan fingerprint density at radius 3 is 2.03 bits per heavy atom. The molecule has 1 aliphatic heterocycles. The van der Waals surface area contributed by atoms with Gasteiger partial charge < -0.3 is 0 Å². The lowest BCUT2D eigenvalue weighted by Gasteiger charge is -2.38. The van der Waals surface area contributed by atoms with E-state index in [1.165, 1.54) is 11.3 Å². The Hall–Kier alpha value is -4.32. The SMILES string of the molecule is CC1(C)c2cc(-c3ccccc3)ccc2N(N)c2sc(C=C3C(=O)c4cc5ccccc5cc4C3=O)cc21. The molecule has 2 heterocycles. The van der Waals surface area contributed by atoms with Crippen LogP contribution < -0.4 is 10.9 Å². The van der Waals surface area contributed by atoms with Crippen molar-refractivity contribution in [3.05, 3.63) is 124 Å². The molecule has 4 aromatic carbocycles. The molecule has 0 unspecified atom stereocenters. The second-order valence-electron chi connectivity index (χ2n) is 10.4. The average Bonchev–Trinajstić information content (AvgIpc) is 3.47. The van der Waals surface area contributed by atoms with Gasteiger partial charge in [-0.2, -0.15) is 0 Å². The number of carbonyl (C=O) groups excluding carboxylic acids is 2. The molecule has 0 radical (unpaired) electrons. The maximum Gasteiger partial charge on any atom is 0.197 e. The summed E-state index contributed by atoms with van der Waals surface area (Å²) in [5, 5.41) is 4.56. The van der Waals surface area contributed by atoms with E-state index in [1.807, 2.05) is 54.6 Å². The Kier molecular flexibility index (Phi) is 4.86. The van der Waals surface area contributed by atoms with Crippen LogP contribution in [0, 0.1) is 0 Å². The third-order valence-electron chi connectivity index (χ3n) is 7.81. The van der Waals surface area contributed by atoms with Crippen molar-refractivity contribution in [2.24, 2.45) is 5.84 Å². The Morgan fingerprint density at radius 1 is 0.737 bits per heavy atom. The molecule has 38 heavy (non-hydrogen) atoms. The van der Waals surface area contributed by atoms with Crippen LogP contribution in [0.25, 0.3) is 28.0 Å². The summed E-state index contributed by atoms with van der Waals surface area (Å²) >= 11 is 1.50. The van der Waals surface area contributed by atoms with Gasteiger partial charge in [0.15, 0.2) is 11.6 Å². The van der Waals surface area contributed by atoms with Crippen molar-refractivity contribution in [1.29, 1.82) is 0 Å². The van der Waals surface area contributed by atoms with Crippen LogP contribution in [0.4, 0.5) is 10.7 Å². The second-order valence-corrected chi connectivity index (χ2v) is 11.5. The van der Waals surface area contributed by atoms with Gasteiger partial charge in [0.2, 0.25) is 0 Å². The van der Waals surface area contributed by atoms with Crippen molar-refractivity contribution in [1.82, 2.24) is 0 Å². The van der Waals surface area contributed by atoms with E-state index in [1.54, 1.807) is 11.1 Å². The maximum atomic E-state index is 13.3. The minimum absolute atomic E-state index is 0.208. The van der Waals surface area contributed by atoms with Gasteiger partial charge in [0.1, 0.15) is 5.00 Å². The normalized spacial score (nSPS) is 15.4. The van der Waals surface area contributed by atoms with Gasteiger partial charge in [-0.15, -0.1) is 11.3 Å². The van der Waals surface area contributed by atoms with Crippen LogP contribution in [-0.2, 0) is 5.41 Å². The monoisotopic (exact) mass is 512 g/mol. The summed E-state index contributed by atoms with van der Waals surface area (Å²) in [4.78, 5) is 27.5. The number of thiophene rings is 1. The highest BCUT2D eigenvalue weighted by Gasteiger charge is 2.38. The van der Waals surface area contributed by atoms with Crippen LogP contribution in [0.5, 0.6) is 0 Å². The van der Waals surface area contributed by atoms with Crippen molar-refractivity contribution in [2.75, 3.05) is 5.01 Å². The average molecular weight is 513 g/mol. The molecule has 0 fully saturated rings. The highest BCUT2D eigenvalue weighted by molar-refractivity contribution is 7.17. The highest BCUT2D eigenvalue weighted by atomic mass is 32.1. The van der Waals surface area contributed by atoms with Crippen LogP contribution in [-0.4, -0.2) is 11.6 Å². The number of ketones is 2. The minimum Gasteiger partial charge on any atom is -0.288 e. The number of Topliss-reactive ketones (excluding diaryl/α,β-unsaturated/α-hetero) is 2. The fourth-order valence-electron chi connectivity index (χ4n) is 5.69. The zero-order valence-electron chi connectivity index (χ0n) is 21.0. The predicted molar refractivity (Wildman–Crippen MR) is 155 cm³/mol. The predicted octanol–water partition coefficient (Wildman–Crippen LogP) is 7.68. The number of hydrogen-bond donors (Lipinski definition) is 1. The van der Waals surface area contributed by atoms with Crippen LogP contribution in [0.1, 0.15) is 50.6 Å². The lowest BCUT2D eigenvalue weighted by Crippen LogP contribution is -2.35. The number of nitrogens with zero attached hydrogens (tertiary/aromatic N) is 1. The number of rotatable bonds is 2. The van der Waals surface area contributed by atoms with E-state index in [9.17, 15) is 9.59 Å². The van der Waals surface area contributed by atoms with Crippen molar-refractivity contribution >= 4 is 50.4 Å². The summed E-state index contributed by atoms with van der Waals surface area (Å²) in [6, 6.07) is 30.2. The van der Waals surface area contributed by atoms with Gasteiger partial charge >= 0.3 is 0 Å². The molecule has 0 spiro atoms. The number of carbonyl (C=O) groups is 2. The number of benzene rings is 4. The van der Waals surface area contributed by atoms with Crippen molar-refractivity contribution in [3.8, 4) is 11.1 Å². The summed E-state index contributed by atoms with van der Waals surface area (Å²) in [6.07, 6.45) is 1.74. The third kappa shape index (κ3) is 3.26. The first-order valence-electron chi connectivity index (χ1n) is 12.6. The lowest BCUT2D eigenvalue weighted by atomic mass is 9.75. The van der Waals surface area contributed by atoms with E-state index >= 15 is 0 Å². The Morgan fingerprint density at radius 2 is 1.37 bits per heavy atom. The Bertz CT molecular complexity index is 1790. The molecule has 4 nitrogen and oxygen atoms in total. The summed E-state index contributed by atoms with van der Waals surface area (Å²) in [5.74, 6) is 6.22. The Labute approximate surface area is 224 Å². The molecule has 7 rings (SSSR count). The third-order valence-corrected chi connectivity index (χ3v) is 8.89. The van der Waals surface area contributed by atoms with Crippen molar-refractivity contribution < 1.29 is 9.59 Å². The number of hydrogen-bond acceptors (Lipinski definition) is 5. The summed E-state index contributed by atoms with van der Waals surface area (Å²) in [6.45, 7) is 4.40. The molecule has 184 valence electrons. The molecule has 1 aromatic heterocycles. The highest BCUT2D eigenvalue weighted by Crippen LogP contribution is 2.52. The summed E-state index contributed by atoms with van der Waals surface area (Å²) in [5.41, 5.74) is 6.30. The summed E-state index contributed by atoms with van der Waals surface area (Å²) in [7, 11) is 0. The first-order chi connectivity index (χ1) is 18.3. The van der Waals surface area contributed by atoms with Gasteiger partial charge in [-0.1, -0.05) is 74.5 Å². The molecule has 1 aliphatic carbocycles. The van der Waals surface area contributed by atoms with Crippen molar-refractivity contribution in [2.45, 2.75) is 19.3 Å². The van der Waals surface area contributed by atoms with E-state index in [2.05, 4.69) is 50.2 Å². The molecule has 2 aliphatic rings. The van der Waals surface area contributed by atoms with Gasteiger partial charge in [-0.05, 0) is 69.4 Å². The largest absolute Gasteiger partial charge is 0.288 e. The van der Waals surface area contributed by atoms with Crippen LogP contribution in [0.2, 0.25) is 0 Å². The fraction of sp³-hybridized carbons (Fsp3) is 0.0909. The van der Waals surface area contributed by atoms with Gasteiger partial charge in [0, 0.05) is 21.4 Å². The van der Waals surface area contributed by atoms with E-state index in [0.717, 1.165) is 48.6 Å². The molecule has 0 saturated carbocycles.